The van der Waals surface area contributed by atoms with Crippen molar-refractivity contribution in [3.05, 3.63) is 52.0 Å². The van der Waals surface area contributed by atoms with Gasteiger partial charge in [0, 0.05) is 16.5 Å². The van der Waals surface area contributed by atoms with Crippen molar-refractivity contribution in [2.24, 2.45) is 0 Å². The molecule has 0 saturated heterocycles. The number of thiophene rings is 1. The normalized spacial score (nSPS) is 11.0. The minimum atomic E-state index is -0.669. The number of halogens is 4. The van der Waals surface area contributed by atoms with Crippen LogP contribution in [-0.2, 0) is 9.53 Å². The summed E-state index contributed by atoms with van der Waals surface area (Å²) < 4.78 is 38.0. The van der Waals surface area contributed by atoms with Gasteiger partial charge in [-0.2, -0.15) is 0 Å². The Labute approximate surface area is 162 Å². The van der Waals surface area contributed by atoms with Crippen molar-refractivity contribution in [1.29, 1.82) is 0 Å². The summed E-state index contributed by atoms with van der Waals surface area (Å²) in [5.74, 6) is -1.62. The topological polar surface area (TPSA) is 35.5 Å². The minimum absolute atomic E-state index is 0.149. The monoisotopic (exact) mass is 416 g/mol. The highest BCUT2D eigenvalue weighted by molar-refractivity contribution is 7.23. The van der Waals surface area contributed by atoms with Gasteiger partial charge in [-0.25, -0.2) is 13.6 Å². The van der Waals surface area contributed by atoms with Crippen molar-refractivity contribution in [3.63, 3.8) is 0 Å². The Kier molecular flexibility index (Phi) is 5.65. The van der Waals surface area contributed by atoms with Gasteiger partial charge in [-0.3, -0.25) is 0 Å². The molecule has 0 fully saturated rings. The van der Waals surface area contributed by atoms with Crippen LogP contribution >= 0.6 is 34.5 Å². The van der Waals surface area contributed by atoms with Crippen LogP contribution in [0.15, 0.2) is 30.3 Å². The van der Waals surface area contributed by atoms with E-state index in [1.807, 2.05) is 0 Å². The predicted octanol–water partition coefficient (Wildman–Crippen LogP) is 6.10. The first kappa shape index (κ1) is 18.9. The summed E-state index contributed by atoms with van der Waals surface area (Å²) in [6.45, 7) is 1.63. The molecule has 3 rings (SSSR count). The molecule has 0 unspecified atom stereocenters. The third kappa shape index (κ3) is 3.77. The van der Waals surface area contributed by atoms with Gasteiger partial charge in [0.05, 0.1) is 16.3 Å². The quantitative estimate of drug-likeness (QED) is 0.471. The van der Waals surface area contributed by atoms with Crippen molar-refractivity contribution >= 4 is 50.6 Å². The van der Waals surface area contributed by atoms with Crippen LogP contribution in [0.2, 0.25) is 10.0 Å². The minimum Gasteiger partial charge on any atom is -0.480 e. The molecular weight excluding hydrogens is 405 g/mol. The Balaban J connectivity index is 1.99. The third-order valence-corrected chi connectivity index (χ3v) is 5.67. The molecule has 0 amide bonds. The number of esters is 1. The number of hydrogen-bond acceptors (Lipinski definition) is 4. The highest BCUT2D eigenvalue weighted by Crippen LogP contribution is 2.45. The largest absolute Gasteiger partial charge is 0.480 e. The van der Waals surface area contributed by atoms with Gasteiger partial charge >= 0.3 is 5.97 Å². The van der Waals surface area contributed by atoms with Gasteiger partial charge in [0.2, 0.25) is 0 Å². The average Bonchev–Trinajstić information content (AvgIpc) is 3.01. The van der Waals surface area contributed by atoms with Crippen LogP contribution in [0, 0.1) is 11.6 Å². The lowest BCUT2D eigenvalue weighted by molar-refractivity contribution is -0.145. The zero-order valence-electron chi connectivity index (χ0n) is 13.4. The zero-order chi connectivity index (χ0) is 18.8. The third-order valence-electron chi connectivity index (χ3n) is 3.50. The predicted molar refractivity (Wildman–Crippen MR) is 99.3 cm³/mol. The van der Waals surface area contributed by atoms with E-state index in [9.17, 15) is 13.6 Å². The molecule has 0 aliphatic rings. The molecule has 0 bridgehead atoms. The number of fused-ring (bicyclic) bond motifs is 1. The van der Waals surface area contributed by atoms with Crippen LogP contribution in [0.4, 0.5) is 8.78 Å². The summed E-state index contributed by atoms with van der Waals surface area (Å²) in [6, 6.07) is 6.69. The van der Waals surface area contributed by atoms with E-state index in [0.717, 1.165) is 6.07 Å². The van der Waals surface area contributed by atoms with Gasteiger partial charge in [-0.1, -0.05) is 23.2 Å². The standard InChI is InChI=1S/C18H12Cl2F2O3S/c1-2-24-15(23)8-25-13-5-9-6-14(26-18(9)17(20)16(13)19)11-4-3-10(21)7-12(11)22/h3-7H,2,8H2,1H3. The summed E-state index contributed by atoms with van der Waals surface area (Å²) in [6.07, 6.45) is 0. The fourth-order valence-electron chi connectivity index (χ4n) is 2.36. The number of carbonyl (C=O) groups is 1. The van der Waals surface area contributed by atoms with Crippen molar-refractivity contribution in [3.8, 4) is 16.2 Å². The zero-order valence-corrected chi connectivity index (χ0v) is 15.8. The lowest BCUT2D eigenvalue weighted by atomic mass is 10.1. The van der Waals surface area contributed by atoms with Gasteiger partial charge < -0.3 is 9.47 Å². The maximum absolute atomic E-state index is 14.0. The van der Waals surface area contributed by atoms with Gasteiger partial charge in [-0.05, 0) is 36.6 Å². The molecular formula is C18H12Cl2F2O3S. The van der Waals surface area contributed by atoms with E-state index >= 15 is 0 Å². The Hall–Kier alpha value is -1.89. The van der Waals surface area contributed by atoms with E-state index in [1.165, 1.54) is 23.5 Å². The number of benzene rings is 2. The van der Waals surface area contributed by atoms with Crippen molar-refractivity contribution in [2.45, 2.75) is 6.92 Å². The maximum atomic E-state index is 14.0. The number of carbonyl (C=O) groups excluding carboxylic acids is 1. The smallest absolute Gasteiger partial charge is 0.344 e. The number of ether oxygens (including phenoxy) is 2. The van der Waals surface area contributed by atoms with Crippen LogP contribution in [-0.4, -0.2) is 19.2 Å². The lowest BCUT2D eigenvalue weighted by Crippen LogP contribution is -2.14. The fourth-order valence-corrected chi connectivity index (χ4v) is 4.05. The summed E-state index contributed by atoms with van der Waals surface area (Å²) in [4.78, 5) is 12.0. The Morgan fingerprint density at radius 2 is 1.92 bits per heavy atom. The second-order valence-corrected chi connectivity index (χ2v) is 7.06. The molecule has 1 heterocycles. The van der Waals surface area contributed by atoms with E-state index in [2.05, 4.69) is 0 Å². The van der Waals surface area contributed by atoms with Gasteiger partial charge in [0.25, 0.3) is 0 Å². The SMILES string of the molecule is CCOC(=O)COc1cc2cc(-c3ccc(F)cc3F)sc2c(Cl)c1Cl. The van der Waals surface area contributed by atoms with E-state index in [4.69, 9.17) is 32.7 Å². The van der Waals surface area contributed by atoms with Gasteiger partial charge in [-0.15, -0.1) is 11.3 Å². The number of rotatable bonds is 5. The lowest BCUT2D eigenvalue weighted by Gasteiger charge is -2.09. The van der Waals surface area contributed by atoms with Gasteiger partial charge in [0.15, 0.2) is 6.61 Å². The molecule has 2 aromatic carbocycles. The van der Waals surface area contributed by atoms with E-state index < -0.39 is 17.6 Å². The molecule has 0 atom stereocenters. The summed E-state index contributed by atoms with van der Waals surface area (Å²) >= 11 is 13.7. The van der Waals surface area contributed by atoms with Gasteiger partial charge in [0.1, 0.15) is 22.4 Å². The van der Waals surface area contributed by atoms with Crippen molar-refractivity contribution < 1.29 is 23.0 Å². The average molecular weight is 417 g/mol. The van der Waals surface area contributed by atoms with Crippen LogP contribution in [0.3, 0.4) is 0 Å². The Bertz CT molecular complexity index is 988. The molecule has 1 aromatic heterocycles. The van der Waals surface area contributed by atoms with Crippen LogP contribution in [0.1, 0.15) is 6.92 Å². The van der Waals surface area contributed by atoms with Crippen LogP contribution < -0.4 is 4.74 Å². The molecule has 0 aliphatic heterocycles. The van der Waals surface area contributed by atoms with Crippen molar-refractivity contribution in [2.75, 3.05) is 13.2 Å². The Morgan fingerprint density at radius 3 is 2.62 bits per heavy atom. The second-order valence-electron chi connectivity index (χ2n) is 5.25. The first-order valence-electron chi connectivity index (χ1n) is 7.56. The van der Waals surface area contributed by atoms with E-state index in [0.29, 0.717) is 15.0 Å². The molecule has 3 aromatic rings. The molecule has 0 radical (unpaired) electrons. The van der Waals surface area contributed by atoms with E-state index in [-0.39, 0.29) is 34.6 Å². The first-order valence-corrected chi connectivity index (χ1v) is 9.13. The maximum Gasteiger partial charge on any atom is 0.344 e. The molecule has 26 heavy (non-hydrogen) atoms. The Morgan fingerprint density at radius 1 is 1.15 bits per heavy atom. The van der Waals surface area contributed by atoms with Crippen LogP contribution in [0.25, 0.3) is 20.5 Å². The molecule has 136 valence electrons. The van der Waals surface area contributed by atoms with Crippen molar-refractivity contribution in [1.82, 2.24) is 0 Å². The molecule has 0 N–H and O–H groups in total. The fraction of sp³-hybridized carbons (Fsp3) is 0.167. The molecule has 0 aliphatic carbocycles. The highest BCUT2D eigenvalue weighted by Gasteiger charge is 2.17. The molecule has 0 saturated carbocycles. The first-order chi connectivity index (χ1) is 12.4. The molecule has 0 spiro atoms. The summed E-state index contributed by atoms with van der Waals surface area (Å²) in [7, 11) is 0. The molecule has 8 heteroatoms. The second kappa shape index (κ2) is 7.78. The summed E-state index contributed by atoms with van der Waals surface area (Å²) in [5, 5.41) is 1.06. The highest BCUT2D eigenvalue weighted by atomic mass is 35.5. The number of hydrogen-bond donors (Lipinski definition) is 0. The van der Waals surface area contributed by atoms with Crippen LogP contribution in [0.5, 0.6) is 5.75 Å². The molecule has 3 nitrogen and oxygen atoms in total. The summed E-state index contributed by atoms with van der Waals surface area (Å²) in [5.41, 5.74) is 0.258. The van der Waals surface area contributed by atoms with E-state index in [1.54, 1.807) is 19.1 Å².